The first-order chi connectivity index (χ1) is 8.75. The van der Waals surface area contributed by atoms with Gasteiger partial charge in [-0.15, -0.1) is 0 Å². The Morgan fingerprint density at radius 1 is 1.00 bits per heavy atom. The van der Waals surface area contributed by atoms with Crippen molar-refractivity contribution in [1.82, 2.24) is 0 Å². The number of fused-ring (bicyclic) bond motifs is 1. The highest BCUT2D eigenvalue weighted by atomic mass is 19.1. The zero-order valence-corrected chi connectivity index (χ0v) is 9.39. The predicted octanol–water partition coefficient (Wildman–Crippen LogP) is 3.60. The second-order valence-electron chi connectivity index (χ2n) is 3.99. The predicted molar refractivity (Wildman–Crippen MR) is 67.9 cm³/mol. The normalized spacial score (nSPS) is 10.7. The molecule has 3 rings (SSSR count). The van der Waals surface area contributed by atoms with E-state index in [4.69, 9.17) is 4.42 Å². The molecule has 0 N–H and O–H groups in total. The fraction of sp³-hybridized carbons (Fsp3) is 0. The molecule has 0 radical (unpaired) electrons. The maximum Gasteiger partial charge on any atom is 0.200 e. The van der Waals surface area contributed by atoms with Crippen LogP contribution in [-0.4, -0.2) is 0 Å². The molecular weight excluding hydrogens is 231 g/mol. The summed E-state index contributed by atoms with van der Waals surface area (Å²) < 4.78 is 18.6. The summed E-state index contributed by atoms with van der Waals surface area (Å²) in [4.78, 5) is 12.3. The van der Waals surface area contributed by atoms with Gasteiger partial charge in [0.15, 0.2) is 5.43 Å². The van der Waals surface area contributed by atoms with Crippen LogP contribution in [-0.2, 0) is 0 Å². The molecule has 2 nitrogen and oxygen atoms in total. The number of halogens is 1. The maximum atomic E-state index is 13.2. The summed E-state index contributed by atoms with van der Waals surface area (Å²) in [5.74, 6) is -0.375. The van der Waals surface area contributed by atoms with Crippen LogP contribution >= 0.6 is 0 Å². The minimum Gasteiger partial charge on any atom is -0.463 e. The number of rotatable bonds is 1. The Bertz CT molecular complexity index is 775. The van der Waals surface area contributed by atoms with Crippen molar-refractivity contribution < 1.29 is 8.81 Å². The van der Waals surface area contributed by atoms with Crippen LogP contribution in [0.4, 0.5) is 4.39 Å². The summed E-state index contributed by atoms with van der Waals surface area (Å²) in [6.07, 6.45) is 1.37. The molecule has 0 amide bonds. The van der Waals surface area contributed by atoms with E-state index in [1.165, 1.54) is 18.4 Å². The summed E-state index contributed by atoms with van der Waals surface area (Å²) in [5.41, 5.74) is 1.27. The van der Waals surface area contributed by atoms with E-state index in [1.54, 1.807) is 36.4 Å². The molecule has 0 saturated carbocycles. The van der Waals surface area contributed by atoms with E-state index >= 15 is 0 Å². The fourth-order valence-corrected chi connectivity index (χ4v) is 1.93. The molecule has 3 heteroatoms. The molecule has 0 fully saturated rings. The Morgan fingerprint density at radius 2 is 1.83 bits per heavy atom. The number of hydrogen-bond acceptors (Lipinski definition) is 2. The lowest BCUT2D eigenvalue weighted by Crippen LogP contribution is -2.04. The van der Waals surface area contributed by atoms with Crippen molar-refractivity contribution in [1.29, 1.82) is 0 Å². The van der Waals surface area contributed by atoms with Gasteiger partial charge in [-0.3, -0.25) is 4.79 Å². The standard InChI is InChI=1S/C15H9FO2/c16-11-5-3-4-10(8-11)13-9-18-14-7-2-1-6-12(14)15(13)17/h1-9H. The van der Waals surface area contributed by atoms with Gasteiger partial charge in [0.05, 0.1) is 10.9 Å². The van der Waals surface area contributed by atoms with E-state index in [9.17, 15) is 9.18 Å². The zero-order valence-electron chi connectivity index (χ0n) is 9.39. The Morgan fingerprint density at radius 3 is 2.67 bits per heavy atom. The average molecular weight is 240 g/mol. The fourth-order valence-electron chi connectivity index (χ4n) is 1.93. The Balaban J connectivity index is 2.31. The summed E-state index contributed by atoms with van der Waals surface area (Å²) in [6.45, 7) is 0. The van der Waals surface area contributed by atoms with Crippen molar-refractivity contribution in [2.45, 2.75) is 0 Å². The molecule has 0 unspecified atom stereocenters. The van der Waals surface area contributed by atoms with Gasteiger partial charge in [0.25, 0.3) is 0 Å². The van der Waals surface area contributed by atoms with Crippen LogP contribution in [0.2, 0.25) is 0 Å². The highest BCUT2D eigenvalue weighted by Gasteiger charge is 2.08. The molecule has 1 heterocycles. The van der Waals surface area contributed by atoms with E-state index in [0.717, 1.165) is 0 Å². The van der Waals surface area contributed by atoms with Crippen molar-refractivity contribution in [3.8, 4) is 11.1 Å². The Hall–Kier alpha value is -2.42. The van der Waals surface area contributed by atoms with Gasteiger partial charge >= 0.3 is 0 Å². The lowest BCUT2D eigenvalue weighted by molar-refractivity contribution is 0.604. The molecule has 0 atom stereocenters. The SMILES string of the molecule is O=c1c(-c2cccc(F)c2)coc2ccccc12. The Labute approximate surface area is 102 Å². The Kier molecular flexibility index (Phi) is 2.45. The minimum atomic E-state index is -0.375. The molecule has 0 aliphatic carbocycles. The van der Waals surface area contributed by atoms with Crippen molar-refractivity contribution in [3.05, 3.63) is 70.8 Å². The topological polar surface area (TPSA) is 30.2 Å². The van der Waals surface area contributed by atoms with Crippen molar-refractivity contribution in [2.75, 3.05) is 0 Å². The van der Waals surface area contributed by atoms with Crippen LogP contribution in [0.3, 0.4) is 0 Å². The first-order valence-electron chi connectivity index (χ1n) is 5.52. The lowest BCUT2D eigenvalue weighted by atomic mass is 10.1. The highest BCUT2D eigenvalue weighted by Crippen LogP contribution is 2.20. The second kappa shape index (κ2) is 4.11. The van der Waals surface area contributed by atoms with Gasteiger partial charge in [-0.25, -0.2) is 4.39 Å². The van der Waals surface area contributed by atoms with E-state index in [0.29, 0.717) is 22.1 Å². The molecule has 88 valence electrons. The average Bonchev–Trinajstić information content (AvgIpc) is 2.39. The summed E-state index contributed by atoms with van der Waals surface area (Å²) in [6, 6.07) is 12.9. The van der Waals surface area contributed by atoms with Gasteiger partial charge in [-0.05, 0) is 29.8 Å². The van der Waals surface area contributed by atoms with Gasteiger partial charge in [0.1, 0.15) is 17.7 Å². The van der Waals surface area contributed by atoms with Crippen LogP contribution in [0.5, 0.6) is 0 Å². The van der Waals surface area contributed by atoms with Gasteiger partial charge in [0, 0.05) is 0 Å². The molecule has 1 aromatic heterocycles. The van der Waals surface area contributed by atoms with E-state index in [2.05, 4.69) is 0 Å². The van der Waals surface area contributed by atoms with Crippen molar-refractivity contribution in [2.24, 2.45) is 0 Å². The van der Waals surface area contributed by atoms with Crippen LogP contribution in [0.1, 0.15) is 0 Å². The van der Waals surface area contributed by atoms with Crippen LogP contribution in [0.25, 0.3) is 22.1 Å². The molecule has 2 aromatic carbocycles. The number of para-hydroxylation sites is 1. The minimum absolute atomic E-state index is 0.151. The van der Waals surface area contributed by atoms with Gasteiger partial charge in [-0.1, -0.05) is 24.3 Å². The van der Waals surface area contributed by atoms with Crippen LogP contribution in [0.15, 0.2) is 64.0 Å². The zero-order chi connectivity index (χ0) is 12.5. The van der Waals surface area contributed by atoms with Gasteiger partial charge < -0.3 is 4.42 Å². The largest absolute Gasteiger partial charge is 0.463 e. The van der Waals surface area contributed by atoms with E-state index < -0.39 is 0 Å². The molecule has 3 aromatic rings. The molecule has 18 heavy (non-hydrogen) atoms. The third-order valence-corrected chi connectivity index (χ3v) is 2.82. The lowest BCUT2D eigenvalue weighted by Gasteiger charge is -2.02. The maximum absolute atomic E-state index is 13.2. The highest BCUT2D eigenvalue weighted by molar-refractivity contribution is 5.81. The van der Waals surface area contributed by atoms with E-state index in [1.807, 2.05) is 0 Å². The molecular formula is C15H9FO2. The molecule has 0 aliphatic heterocycles. The van der Waals surface area contributed by atoms with Crippen molar-refractivity contribution >= 4 is 11.0 Å². The second-order valence-corrected chi connectivity index (χ2v) is 3.99. The first-order valence-corrected chi connectivity index (χ1v) is 5.52. The van der Waals surface area contributed by atoms with E-state index in [-0.39, 0.29) is 11.2 Å². The summed E-state index contributed by atoms with van der Waals surface area (Å²) >= 11 is 0. The first kappa shape index (κ1) is 10.7. The third kappa shape index (κ3) is 1.70. The van der Waals surface area contributed by atoms with Crippen molar-refractivity contribution in [3.63, 3.8) is 0 Å². The summed E-state index contributed by atoms with van der Waals surface area (Å²) in [7, 11) is 0. The van der Waals surface area contributed by atoms with Gasteiger partial charge in [0.2, 0.25) is 0 Å². The quantitative estimate of drug-likeness (QED) is 0.650. The molecule has 0 bridgehead atoms. The smallest absolute Gasteiger partial charge is 0.200 e. The number of benzene rings is 2. The van der Waals surface area contributed by atoms with Crippen LogP contribution in [0, 0.1) is 5.82 Å². The molecule has 0 saturated heterocycles. The number of hydrogen-bond donors (Lipinski definition) is 0. The van der Waals surface area contributed by atoms with Crippen LogP contribution < -0.4 is 5.43 Å². The summed E-state index contributed by atoms with van der Waals surface area (Å²) in [5, 5.41) is 0.499. The third-order valence-electron chi connectivity index (χ3n) is 2.82. The molecule has 0 aliphatic rings. The monoisotopic (exact) mass is 240 g/mol. The van der Waals surface area contributed by atoms with Gasteiger partial charge in [-0.2, -0.15) is 0 Å². The molecule has 0 spiro atoms.